The van der Waals surface area contributed by atoms with Gasteiger partial charge in [-0.3, -0.25) is 4.79 Å². The summed E-state index contributed by atoms with van der Waals surface area (Å²) in [5.41, 5.74) is -0.676. The van der Waals surface area contributed by atoms with Crippen molar-refractivity contribution in [3.05, 3.63) is 12.2 Å². The molecule has 0 aromatic rings. The molecule has 4 N–H and O–H groups in total. The molecule has 5 nitrogen and oxygen atoms in total. The lowest BCUT2D eigenvalue weighted by atomic mass is 9.86. The van der Waals surface area contributed by atoms with Crippen LogP contribution in [0.5, 0.6) is 0 Å². The van der Waals surface area contributed by atoms with Gasteiger partial charge in [-0.2, -0.15) is 0 Å². The van der Waals surface area contributed by atoms with Gasteiger partial charge < -0.3 is 20.4 Å². The first-order valence-corrected chi connectivity index (χ1v) is 13.4. The molecule has 2 aliphatic rings. The van der Waals surface area contributed by atoms with Crippen molar-refractivity contribution >= 4 is 5.97 Å². The first-order valence-electron chi connectivity index (χ1n) is 13.4. The molecule has 0 heterocycles. The number of aliphatic hydroxyl groups is 3. The van der Waals surface area contributed by atoms with Crippen LogP contribution in [-0.2, 0) is 4.79 Å². The summed E-state index contributed by atoms with van der Waals surface area (Å²) in [6.45, 7) is 7.98. The van der Waals surface area contributed by atoms with Crippen molar-refractivity contribution in [3.63, 3.8) is 0 Å². The van der Waals surface area contributed by atoms with Crippen molar-refractivity contribution in [1.82, 2.24) is 0 Å². The minimum Gasteiger partial charge on any atom is -0.481 e. The van der Waals surface area contributed by atoms with Gasteiger partial charge >= 0.3 is 5.97 Å². The second-order valence-electron chi connectivity index (χ2n) is 12.4. The summed E-state index contributed by atoms with van der Waals surface area (Å²) in [5, 5.41) is 40.2. The monoisotopic (exact) mass is 466 g/mol. The Labute approximate surface area is 201 Å². The normalized spacial score (nSPS) is 31.0. The molecule has 5 heteroatoms. The number of aliphatic hydroxyl groups excluding tert-OH is 3. The minimum absolute atomic E-state index is 0.00535. The molecule has 0 bridgehead atoms. The first-order chi connectivity index (χ1) is 15.5. The Morgan fingerprint density at radius 3 is 1.67 bits per heavy atom. The van der Waals surface area contributed by atoms with Gasteiger partial charge in [0.15, 0.2) is 0 Å². The third-order valence-electron chi connectivity index (χ3n) is 8.50. The fraction of sp³-hybridized carbons (Fsp3) is 0.893. The highest BCUT2D eigenvalue weighted by Crippen LogP contribution is 2.39. The van der Waals surface area contributed by atoms with E-state index in [1.54, 1.807) is 13.8 Å². The van der Waals surface area contributed by atoms with Gasteiger partial charge in [0.2, 0.25) is 0 Å². The second kappa shape index (κ2) is 12.7. The van der Waals surface area contributed by atoms with Crippen LogP contribution in [0.4, 0.5) is 0 Å². The molecule has 0 aromatic carbocycles. The van der Waals surface area contributed by atoms with E-state index in [0.29, 0.717) is 18.3 Å². The number of hydrogen-bond donors (Lipinski definition) is 4. The second-order valence-corrected chi connectivity index (χ2v) is 12.4. The molecule has 2 saturated carbocycles. The van der Waals surface area contributed by atoms with Crippen molar-refractivity contribution in [2.45, 2.75) is 117 Å². The molecule has 0 spiro atoms. The first kappa shape index (κ1) is 28.3. The number of carbonyl (C=O) groups is 1. The number of rotatable bonds is 14. The van der Waals surface area contributed by atoms with E-state index in [1.807, 2.05) is 0 Å². The van der Waals surface area contributed by atoms with Crippen LogP contribution < -0.4 is 0 Å². The van der Waals surface area contributed by atoms with E-state index >= 15 is 0 Å². The van der Waals surface area contributed by atoms with Crippen molar-refractivity contribution in [2.24, 2.45) is 34.5 Å². The van der Waals surface area contributed by atoms with Crippen molar-refractivity contribution in [3.8, 4) is 0 Å². The highest BCUT2D eigenvalue weighted by atomic mass is 16.4. The Morgan fingerprint density at radius 2 is 1.24 bits per heavy atom. The number of carboxylic acid groups (broad SMARTS) is 1. The Hall–Kier alpha value is -0.910. The maximum atomic E-state index is 11.2. The van der Waals surface area contributed by atoms with E-state index in [-0.39, 0.29) is 36.1 Å². The average Bonchev–Trinajstić information content (AvgIpc) is 3.29. The Morgan fingerprint density at radius 1 is 0.788 bits per heavy atom. The van der Waals surface area contributed by atoms with Gasteiger partial charge in [0.1, 0.15) is 0 Å². The van der Waals surface area contributed by atoms with E-state index < -0.39 is 11.4 Å². The molecule has 6 unspecified atom stereocenters. The molecule has 6 atom stereocenters. The van der Waals surface area contributed by atoms with Gasteiger partial charge in [0.05, 0.1) is 17.6 Å². The molecular weight excluding hydrogens is 416 g/mol. The number of unbranched alkanes of at least 4 members (excludes halogenated alkanes) is 2. The van der Waals surface area contributed by atoms with Crippen LogP contribution in [0.15, 0.2) is 12.2 Å². The molecular formula is C28H50O5. The van der Waals surface area contributed by atoms with Gasteiger partial charge in [-0.1, -0.05) is 51.7 Å². The third kappa shape index (κ3) is 8.67. The molecule has 0 radical (unpaired) electrons. The predicted octanol–water partition coefficient (Wildman–Crippen LogP) is 5.57. The van der Waals surface area contributed by atoms with Gasteiger partial charge in [-0.15, -0.1) is 0 Å². The Bertz CT molecular complexity index is 626. The number of aliphatic carboxylic acids is 1. The molecule has 2 rings (SSSR count). The van der Waals surface area contributed by atoms with Crippen molar-refractivity contribution in [2.75, 3.05) is 6.61 Å². The fourth-order valence-corrected chi connectivity index (χ4v) is 5.70. The zero-order valence-electron chi connectivity index (χ0n) is 21.5. The summed E-state index contributed by atoms with van der Waals surface area (Å²) in [6, 6.07) is 0. The molecule has 2 aliphatic carbocycles. The summed E-state index contributed by atoms with van der Waals surface area (Å²) < 4.78 is 0. The maximum Gasteiger partial charge on any atom is 0.309 e. The van der Waals surface area contributed by atoms with Crippen molar-refractivity contribution in [1.29, 1.82) is 0 Å². The molecule has 0 amide bonds. The molecule has 0 aromatic heterocycles. The zero-order chi connectivity index (χ0) is 24.6. The van der Waals surface area contributed by atoms with E-state index in [9.17, 15) is 25.2 Å². The van der Waals surface area contributed by atoms with E-state index in [1.165, 1.54) is 0 Å². The van der Waals surface area contributed by atoms with Crippen LogP contribution in [0.25, 0.3) is 0 Å². The lowest BCUT2D eigenvalue weighted by molar-refractivity contribution is -0.147. The molecule has 2 fully saturated rings. The minimum atomic E-state index is -0.740. The Balaban J connectivity index is 1.69. The SMILES string of the molecule is CC(C)(CO)CCCCC1CCC(/C=C\C2CCC(CCCCC(C)(C)C(=O)O)C2O)C1O. The smallest absolute Gasteiger partial charge is 0.309 e. The molecule has 0 aliphatic heterocycles. The van der Waals surface area contributed by atoms with E-state index in [4.69, 9.17) is 0 Å². The van der Waals surface area contributed by atoms with Crippen LogP contribution in [0.2, 0.25) is 0 Å². The largest absolute Gasteiger partial charge is 0.481 e. The lowest BCUT2D eigenvalue weighted by Crippen LogP contribution is -2.24. The summed E-state index contributed by atoms with van der Waals surface area (Å²) in [6.07, 6.45) is 15.6. The van der Waals surface area contributed by atoms with Crippen LogP contribution >= 0.6 is 0 Å². The van der Waals surface area contributed by atoms with Crippen molar-refractivity contribution < 1.29 is 25.2 Å². The zero-order valence-corrected chi connectivity index (χ0v) is 21.5. The van der Waals surface area contributed by atoms with E-state index in [0.717, 1.165) is 70.6 Å². The topological polar surface area (TPSA) is 98.0 Å². The number of carboxylic acids is 1. The average molecular weight is 467 g/mol. The standard InChI is InChI=1S/C28H50O5/c1-27(2,19-29)17-7-5-9-20-11-13-22(24(20)30)15-16-23-14-12-21(25(23)31)10-6-8-18-28(3,4)26(32)33/h15-16,20-25,29-31H,5-14,17-19H2,1-4H3,(H,32,33)/b16-15-. The predicted molar refractivity (Wildman–Crippen MR) is 133 cm³/mol. The highest BCUT2D eigenvalue weighted by Gasteiger charge is 2.35. The van der Waals surface area contributed by atoms with Crippen LogP contribution in [0.3, 0.4) is 0 Å². The molecule has 0 saturated heterocycles. The third-order valence-corrected chi connectivity index (χ3v) is 8.50. The van der Waals surface area contributed by atoms with Gasteiger partial charge in [0, 0.05) is 18.4 Å². The fourth-order valence-electron chi connectivity index (χ4n) is 5.70. The number of hydrogen-bond acceptors (Lipinski definition) is 4. The van der Waals surface area contributed by atoms with Gasteiger partial charge in [-0.05, 0) is 82.5 Å². The molecule has 192 valence electrons. The summed E-state index contributed by atoms with van der Waals surface area (Å²) in [4.78, 5) is 11.2. The molecule has 33 heavy (non-hydrogen) atoms. The quantitative estimate of drug-likeness (QED) is 0.198. The summed E-state index contributed by atoms with van der Waals surface area (Å²) >= 11 is 0. The van der Waals surface area contributed by atoms with E-state index in [2.05, 4.69) is 26.0 Å². The van der Waals surface area contributed by atoms with Crippen LogP contribution in [-0.4, -0.2) is 45.2 Å². The highest BCUT2D eigenvalue weighted by molar-refractivity contribution is 5.73. The maximum absolute atomic E-state index is 11.2. The summed E-state index contributed by atoms with van der Waals surface area (Å²) in [5.74, 6) is 0.312. The van der Waals surface area contributed by atoms with Crippen LogP contribution in [0, 0.1) is 34.5 Å². The Kier molecular flexibility index (Phi) is 10.9. The van der Waals surface area contributed by atoms with Gasteiger partial charge in [-0.25, -0.2) is 0 Å². The van der Waals surface area contributed by atoms with Gasteiger partial charge in [0.25, 0.3) is 0 Å². The van der Waals surface area contributed by atoms with Crippen LogP contribution in [0.1, 0.15) is 105 Å². The summed E-state index contributed by atoms with van der Waals surface area (Å²) in [7, 11) is 0. The lowest BCUT2D eigenvalue weighted by Gasteiger charge is -2.22.